The van der Waals surface area contributed by atoms with Gasteiger partial charge in [-0.1, -0.05) is 35.9 Å². The number of nitrogens with one attached hydrogen (secondary N) is 1. The summed E-state index contributed by atoms with van der Waals surface area (Å²) in [5.74, 6) is 0.0358. The molecule has 0 saturated heterocycles. The lowest BCUT2D eigenvalue weighted by Crippen LogP contribution is -2.20. The molecule has 3 rings (SSSR count). The van der Waals surface area contributed by atoms with Crippen molar-refractivity contribution < 1.29 is 14.3 Å². The van der Waals surface area contributed by atoms with E-state index in [1.807, 2.05) is 25.1 Å². The Hall–Kier alpha value is -2.70. The van der Waals surface area contributed by atoms with Crippen molar-refractivity contribution in [2.24, 2.45) is 0 Å². The van der Waals surface area contributed by atoms with E-state index >= 15 is 0 Å². The van der Waals surface area contributed by atoms with Crippen LogP contribution in [0, 0.1) is 6.92 Å². The van der Waals surface area contributed by atoms with Crippen molar-refractivity contribution >= 4 is 40.3 Å². The Balaban J connectivity index is 1.56. The highest BCUT2D eigenvalue weighted by molar-refractivity contribution is 7.15. The topological polar surface area (TPSA) is 68.3 Å². The van der Waals surface area contributed by atoms with E-state index in [4.69, 9.17) is 16.3 Å². The van der Waals surface area contributed by atoms with Crippen molar-refractivity contribution in [1.29, 1.82) is 0 Å². The standard InChI is InChI=1S/C20H17ClN2O3S/c1-13-6-7-14(9-17(13)21)8-16-10-22-20(27-16)23-19(25)12-26-18-5-3-2-4-15(18)11-24/h2-7,9-11H,8,12H2,1H3,(H,22,23,25). The molecule has 0 atom stereocenters. The number of amides is 1. The second-order valence-corrected chi connectivity index (χ2v) is 7.41. The third-order valence-corrected chi connectivity index (χ3v) is 5.14. The molecular weight excluding hydrogens is 384 g/mol. The minimum atomic E-state index is -0.338. The van der Waals surface area contributed by atoms with Crippen LogP contribution in [0.15, 0.2) is 48.7 Å². The largest absolute Gasteiger partial charge is 0.483 e. The van der Waals surface area contributed by atoms with Gasteiger partial charge in [-0.25, -0.2) is 4.98 Å². The zero-order valence-corrected chi connectivity index (χ0v) is 16.1. The monoisotopic (exact) mass is 400 g/mol. The first-order chi connectivity index (χ1) is 13.0. The fourth-order valence-electron chi connectivity index (χ4n) is 2.40. The minimum Gasteiger partial charge on any atom is -0.483 e. The molecule has 27 heavy (non-hydrogen) atoms. The Kier molecular flexibility index (Phi) is 6.21. The van der Waals surface area contributed by atoms with Crippen molar-refractivity contribution in [3.63, 3.8) is 0 Å². The second kappa shape index (κ2) is 8.79. The molecule has 0 radical (unpaired) electrons. The fraction of sp³-hybridized carbons (Fsp3) is 0.150. The molecule has 1 heterocycles. The van der Waals surface area contributed by atoms with Gasteiger partial charge < -0.3 is 4.74 Å². The molecule has 0 fully saturated rings. The maximum atomic E-state index is 12.1. The van der Waals surface area contributed by atoms with Gasteiger partial charge in [0.1, 0.15) is 5.75 Å². The van der Waals surface area contributed by atoms with E-state index in [0.717, 1.165) is 21.0 Å². The SMILES string of the molecule is Cc1ccc(Cc2cnc(NC(=O)COc3ccccc3C=O)s2)cc1Cl. The van der Waals surface area contributed by atoms with E-state index < -0.39 is 0 Å². The van der Waals surface area contributed by atoms with Crippen molar-refractivity contribution in [2.75, 3.05) is 11.9 Å². The maximum Gasteiger partial charge on any atom is 0.264 e. The third-order valence-electron chi connectivity index (χ3n) is 3.82. The van der Waals surface area contributed by atoms with Gasteiger partial charge in [-0.3, -0.25) is 14.9 Å². The van der Waals surface area contributed by atoms with Gasteiger partial charge in [-0.2, -0.15) is 0 Å². The average molecular weight is 401 g/mol. The zero-order valence-electron chi connectivity index (χ0n) is 14.6. The molecule has 0 aliphatic carbocycles. The quantitative estimate of drug-likeness (QED) is 0.592. The van der Waals surface area contributed by atoms with Gasteiger partial charge in [0, 0.05) is 22.5 Å². The second-order valence-electron chi connectivity index (χ2n) is 5.88. The number of aromatic nitrogens is 1. The Morgan fingerprint density at radius 1 is 1.30 bits per heavy atom. The van der Waals surface area contributed by atoms with Gasteiger partial charge in [0.05, 0.1) is 5.56 Å². The van der Waals surface area contributed by atoms with Gasteiger partial charge in [-0.05, 0) is 36.2 Å². The molecule has 7 heteroatoms. The van der Waals surface area contributed by atoms with E-state index in [9.17, 15) is 9.59 Å². The molecule has 0 aliphatic heterocycles. The highest BCUT2D eigenvalue weighted by Crippen LogP contribution is 2.24. The van der Waals surface area contributed by atoms with Crippen molar-refractivity contribution in [1.82, 2.24) is 4.98 Å². The first kappa shape index (κ1) is 19.1. The third kappa shape index (κ3) is 5.15. The number of aldehydes is 1. The van der Waals surface area contributed by atoms with E-state index in [-0.39, 0.29) is 12.5 Å². The Labute approximate surface area is 166 Å². The number of nitrogens with zero attached hydrogens (tertiary/aromatic N) is 1. The number of thiazole rings is 1. The predicted molar refractivity (Wildman–Crippen MR) is 107 cm³/mol. The number of hydrogen-bond donors (Lipinski definition) is 1. The number of halogens is 1. The molecule has 3 aromatic rings. The van der Waals surface area contributed by atoms with Crippen molar-refractivity contribution in [3.8, 4) is 5.75 Å². The molecular formula is C20H17ClN2O3S. The van der Waals surface area contributed by atoms with E-state index in [0.29, 0.717) is 29.2 Å². The molecule has 1 aromatic heterocycles. The predicted octanol–water partition coefficient (Wildman–Crippen LogP) is 4.53. The summed E-state index contributed by atoms with van der Waals surface area (Å²) in [7, 11) is 0. The van der Waals surface area contributed by atoms with Crippen LogP contribution in [0.2, 0.25) is 5.02 Å². The van der Waals surface area contributed by atoms with Gasteiger partial charge in [-0.15, -0.1) is 11.3 Å². The zero-order chi connectivity index (χ0) is 19.2. The number of carbonyl (C=O) groups excluding carboxylic acids is 2. The van der Waals surface area contributed by atoms with Crippen LogP contribution in [0.5, 0.6) is 5.75 Å². The van der Waals surface area contributed by atoms with Crippen molar-refractivity contribution in [2.45, 2.75) is 13.3 Å². The highest BCUT2D eigenvalue weighted by Gasteiger charge is 2.10. The fourth-order valence-corrected chi connectivity index (χ4v) is 3.47. The Morgan fingerprint density at radius 2 is 2.11 bits per heavy atom. The summed E-state index contributed by atoms with van der Waals surface area (Å²) in [6.07, 6.45) is 3.12. The number of ether oxygens (including phenoxy) is 1. The smallest absolute Gasteiger partial charge is 0.264 e. The number of para-hydroxylation sites is 1. The van der Waals surface area contributed by atoms with Gasteiger partial charge in [0.15, 0.2) is 18.0 Å². The number of aryl methyl sites for hydroxylation is 1. The molecule has 1 N–H and O–H groups in total. The molecule has 0 bridgehead atoms. The molecule has 138 valence electrons. The van der Waals surface area contributed by atoms with Gasteiger partial charge in [0.2, 0.25) is 0 Å². The summed E-state index contributed by atoms with van der Waals surface area (Å²) in [5, 5.41) is 3.94. The van der Waals surface area contributed by atoms with Crippen LogP contribution in [-0.2, 0) is 11.2 Å². The molecule has 5 nitrogen and oxygen atoms in total. The number of benzene rings is 2. The van der Waals surface area contributed by atoms with Gasteiger partial charge in [0.25, 0.3) is 5.91 Å². The summed E-state index contributed by atoms with van der Waals surface area (Å²) in [6, 6.07) is 12.7. The number of carbonyl (C=O) groups is 2. The van der Waals surface area contributed by atoms with E-state index in [2.05, 4.69) is 10.3 Å². The lowest BCUT2D eigenvalue weighted by molar-refractivity contribution is -0.118. The van der Waals surface area contributed by atoms with Crippen LogP contribution in [0.3, 0.4) is 0 Å². The Morgan fingerprint density at radius 3 is 2.89 bits per heavy atom. The first-order valence-electron chi connectivity index (χ1n) is 8.22. The number of anilines is 1. The molecule has 2 aromatic carbocycles. The highest BCUT2D eigenvalue weighted by atomic mass is 35.5. The number of hydrogen-bond acceptors (Lipinski definition) is 5. The van der Waals surface area contributed by atoms with E-state index in [1.54, 1.807) is 30.5 Å². The molecule has 0 aliphatic rings. The minimum absolute atomic E-state index is 0.201. The molecule has 0 unspecified atom stereocenters. The molecule has 0 saturated carbocycles. The molecule has 1 amide bonds. The summed E-state index contributed by atoms with van der Waals surface area (Å²) >= 11 is 7.55. The van der Waals surface area contributed by atoms with Crippen LogP contribution in [0.1, 0.15) is 26.4 Å². The lowest BCUT2D eigenvalue weighted by Gasteiger charge is -2.07. The summed E-state index contributed by atoms with van der Waals surface area (Å²) in [5.41, 5.74) is 2.52. The van der Waals surface area contributed by atoms with Crippen LogP contribution in [0.4, 0.5) is 5.13 Å². The average Bonchev–Trinajstić information content (AvgIpc) is 3.10. The molecule has 0 spiro atoms. The summed E-state index contributed by atoms with van der Waals surface area (Å²) in [6.45, 7) is 1.76. The van der Waals surface area contributed by atoms with Crippen LogP contribution in [0.25, 0.3) is 0 Å². The number of rotatable bonds is 7. The van der Waals surface area contributed by atoms with Crippen molar-refractivity contribution in [3.05, 3.63) is 75.3 Å². The lowest BCUT2D eigenvalue weighted by atomic mass is 10.1. The summed E-state index contributed by atoms with van der Waals surface area (Å²) < 4.78 is 5.41. The first-order valence-corrected chi connectivity index (χ1v) is 9.41. The maximum absolute atomic E-state index is 12.1. The normalized spacial score (nSPS) is 10.4. The van der Waals surface area contributed by atoms with E-state index in [1.165, 1.54) is 11.3 Å². The van der Waals surface area contributed by atoms with Gasteiger partial charge >= 0.3 is 0 Å². The van der Waals surface area contributed by atoms with Crippen LogP contribution in [-0.4, -0.2) is 23.8 Å². The van der Waals surface area contributed by atoms with Crippen LogP contribution < -0.4 is 10.1 Å². The summed E-state index contributed by atoms with van der Waals surface area (Å²) in [4.78, 5) is 28.3. The Bertz CT molecular complexity index is 971. The van der Waals surface area contributed by atoms with Crippen LogP contribution >= 0.6 is 22.9 Å².